The molecular formula is C22H24ClN3O3S. The van der Waals surface area contributed by atoms with Gasteiger partial charge in [0.1, 0.15) is 21.2 Å². The van der Waals surface area contributed by atoms with Crippen molar-refractivity contribution in [2.24, 2.45) is 0 Å². The Hall–Kier alpha value is -2.51. The maximum atomic E-state index is 13.0. The van der Waals surface area contributed by atoms with Crippen molar-refractivity contribution in [3.05, 3.63) is 39.4 Å². The molecule has 6 nitrogen and oxygen atoms in total. The van der Waals surface area contributed by atoms with Gasteiger partial charge in [-0.2, -0.15) is 0 Å². The van der Waals surface area contributed by atoms with E-state index < -0.39 is 0 Å². The number of nitrogens with two attached hydrogens (primary N) is 1. The molecule has 0 spiro atoms. The molecule has 8 heteroatoms. The van der Waals surface area contributed by atoms with E-state index in [2.05, 4.69) is 11.4 Å². The maximum absolute atomic E-state index is 13.0. The largest absolute Gasteiger partial charge is 0.495 e. The van der Waals surface area contributed by atoms with E-state index in [9.17, 15) is 4.79 Å². The van der Waals surface area contributed by atoms with E-state index in [0.29, 0.717) is 32.8 Å². The molecule has 0 saturated heterocycles. The van der Waals surface area contributed by atoms with E-state index in [0.717, 1.165) is 41.6 Å². The van der Waals surface area contributed by atoms with E-state index in [4.69, 9.17) is 31.8 Å². The van der Waals surface area contributed by atoms with Gasteiger partial charge in [0.05, 0.1) is 30.6 Å². The molecule has 0 saturated carbocycles. The van der Waals surface area contributed by atoms with Crippen LogP contribution in [0, 0.1) is 0 Å². The Bertz CT molecular complexity index is 1110. The summed E-state index contributed by atoms with van der Waals surface area (Å²) in [5.74, 6) is 0.599. The lowest BCUT2D eigenvalue weighted by Crippen LogP contribution is -2.13. The van der Waals surface area contributed by atoms with Gasteiger partial charge in [-0.15, -0.1) is 11.3 Å². The molecule has 1 aromatic carbocycles. The van der Waals surface area contributed by atoms with E-state index in [1.807, 2.05) is 0 Å². The van der Waals surface area contributed by atoms with Gasteiger partial charge in [-0.05, 0) is 43.4 Å². The van der Waals surface area contributed by atoms with Crippen LogP contribution in [0.2, 0.25) is 5.02 Å². The molecule has 0 unspecified atom stereocenters. The van der Waals surface area contributed by atoms with Crippen LogP contribution in [-0.4, -0.2) is 25.1 Å². The van der Waals surface area contributed by atoms with Gasteiger partial charge in [0.25, 0.3) is 5.91 Å². The monoisotopic (exact) mass is 445 g/mol. The van der Waals surface area contributed by atoms with Crippen LogP contribution in [0.1, 0.15) is 46.6 Å². The first-order valence-corrected chi connectivity index (χ1v) is 11.1. The number of methoxy groups -OCH3 is 2. The number of amides is 1. The van der Waals surface area contributed by atoms with E-state index in [1.54, 1.807) is 12.1 Å². The van der Waals surface area contributed by atoms with E-state index in [-0.39, 0.29) is 5.91 Å². The first-order valence-electron chi connectivity index (χ1n) is 9.95. The molecule has 0 atom stereocenters. The molecule has 158 valence electrons. The van der Waals surface area contributed by atoms with Gasteiger partial charge >= 0.3 is 0 Å². The molecule has 3 N–H and O–H groups in total. The Balaban J connectivity index is 1.68. The third-order valence-electron chi connectivity index (χ3n) is 5.43. The highest BCUT2D eigenvalue weighted by Gasteiger charge is 2.21. The average molecular weight is 446 g/mol. The standard InChI is InChI=1S/C22H24ClN3O3S/c1-28-17-11-18(29-2)16(10-14(17)23)25-21(27)20-19(24)13-9-12-7-5-3-4-6-8-15(12)26-22(13)30-20/h9-11H,3-8,24H2,1-2H3,(H,25,27). The smallest absolute Gasteiger partial charge is 0.268 e. The Morgan fingerprint density at radius 3 is 2.57 bits per heavy atom. The fourth-order valence-electron chi connectivity index (χ4n) is 3.82. The number of nitrogen functional groups attached to an aromatic ring is 1. The summed E-state index contributed by atoms with van der Waals surface area (Å²) in [6.45, 7) is 0. The third kappa shape index (κ3) is 3.91. The minimum absolute atomic E-state index is 0.317. The van der Waals surface area contributed by atoms with E-state index >= 15 is 0 Å². The van der Waals surface area contributed by atoms with Crippen LogP contribution >= 0.6 is 22.9 Å². The van der Waals surface area contributed by atoms with Crippen molar-refractivity contribution in [2.75, 3.05) is 25.3 Å². The second kappa shape index (κ2) is 8.70. The SMILES string of the molecule is COc1cc(OC)c(NC(=O)c2sc3nc4c(cc3c2N)CCCCCC4)cc1Cl. The molecule has 0 bridgehead atoms. The predicted octanol–water partition coefficient (Wildman–Crippen LogP) is 5.46. The zero-order valence-corrected chi connectivity index (χ0v) is 18.6. The molecule has 1 aliphatic rings. The molecule has 0 fully saturated rings. The summed E-state index contributed by atoms with van der Waals surface area (Å²) in [4.78, 5) is 19.1. The number of halogens is 1. The summed E-state index contributed by atoms with van der Waals surface area (Å²) in [5, 5.41) is 4.09. The second-order valence-electron chi connectivity index (χ2n) is 7.35. The Morgan fingerprint density at radius 1 is 1.10 bits per heavy atom. The highest BCUT2D eigenvalue weighted by molar-refractivity contribution is 7.21. The average Bonchev–Trinajstić information content (AvgIpc) is 3.04. The fraction of sp³-hybridized carbons (Fsp3) is 0.364. The Kier molecular flexibility index (Phi) is 6.01. The summed E-state index contributed by atoms with van der Waals surface area (Å²) < 4.78 is 10.6. The number of hydrogen-bond acceptors (Lipinski definition) is 6. The van der Waals surface area contributed by atoms with E-state index in [1.165, 1.54) is 44.0 Å². The van der Waals surface area contributed by atoms with Gasteiger partial charge in [0.2, 0.25) is 0 Å². The van der Waals surface area contributed by atoms with Gasteiger partial charge in [0.15, 0.2) is 0 Å². The number of fused-ring (bicyclic) bond motifs is 2. The van der Waals surface area contributed by atoms with Gasteiger partial charge in [-0.3, -0.25) is 4.79 Å². The number of aromatic nitrogens is 1. The number of hydrogen-bond donors (Lipinski definition) is 2. The zero-order chi connectivity index (χ0) is 21.3. The number of anilines is 2. The molecule has 2 heterocycles. The van der Waals surface area contributed by atoms with Crippen LogP contribution in [0.4, 0.5) is 11.4 Å². The second-order valence-corrected chi connectivity index (χ2v) is 8.75. The fourth-order valence-corrected chi connectivity index (χ4v) is 5.05. The predicted molar refractivity (Wildman–Crippen MR) is 122 cm³/mol. The number of nitrogens with one attached hydrogen (secondary N) is 1. The summed E-state index contributed by atoms with van der Waals surface area (Å²) >= 11 is 7.53. The summed E-state index contributed by atoms with van der Waals surface area (Å²) in [5.41, 5.74) is 9.68. The van der Waals surface area contributed by atoms with Crippen LogP contribution in [0.25, 0.3) is 10.2 Å². The highest BCUT2D eigenvalue weighted by atomic mass is 35.5. The summed E-state index contributed by atoms with van der Waals surface area (Å²) in [7, 11) is 3.04. The maximum Gasteiger partial charge on any atom is 0.268 e. The Labute approximate surface area is 184 Å². The topological polar surface area (TPSA) is 86.5 Å². The van der Waals surface area contributed by atoms with Crippen molar-refractivity contribution in [1.29, 1.82) is 0 Å². The molecular weight excluding hydrogens is 422 g/mol. The number of rotatable bonds is 4. The van der Waals surface area contributed by atoms with Gasteiger partial charge < -0.3 is 20.5 Å². The van der Waals surface area contributed by atoms with Crippen molar-refractivity contribution in [1.82, 2.24) is 4.98 Å². The number of benzene rings is 1. The van der Waals surface area contributed by atoms with Crippen LogP contribution in [-0.2, 0) is 12.8 Å². The Morgan fingerprint density at radius 2 is 1.83 bits per heavy atom. The van der Waals surface area contributed by atoms with Gasteiger partial charge in [0, 0.05) is 17.1 Å². The lowest BCUT2D eigenvalue weighted by molar-refractivity contribution is 0.103. The highest BCUT2D eigenvalue weighted by Crippen LogP contribution is 2.38. The van der Waals surface area contributed by atoms with Crippen molar-refractivity contribution >= 4 is 50.4 Å². The van der Waals surface area contributed by atoms with Crippen molar-refractivity contribution in [2.45, 2.75) is 38.5 Å². The van der Waals surface area contributed by atoms with Gasteiger partial charge in [-0.1, -0.05) is 24.4 Å². The lowest BCUT2D eigenvalue weighted by Gasteiger charge is -2.13. The van der Waals surface area contributed by atoms with Crippen molar-refractivity contribution in [3.8, 4) is 11.5 Å². The number of pyridine rings is 1. The number of nitrogens with zero attached hydrogens (tertiary/aromatic N) is 1. The molecule has 3 aromatic rings. The summed E-state index contributed by atoms with van der Waals surface area (Å²) in [6, 6.07) is 5.36. The lowest BCUT2D eigenvalue weighted by atomic mass is 9.96. The number of carbonyl (C=O) groups is 1. The molecule has 30 heavy (non-hydrogen) atoms. The molecule has 0 radical (unpaired) electrons. The third-order valence-corrected chi connectivity index (χ3v) is 6.84. The minimum atomic E-state index is -0.317. The molecule has 1 aliphatic carbocycles. The zero-order valence-electron chi connectivity index (χ0n) is 17.0. The normalized spacial score (nSPS) is 14.0. The van der Waals surface area contributed by atoms with Crippen molar-refractivity contribution < 1.29 is 14.3 Å². The first-order chi connectivity index (χ1) is 14.5. The van der Waals surface area contributed by atoms with Crippen LogP contribution in [0.5, 0.6) is 11.5 Å². The van der Waals surface area contributed by atoms with Gasteiger partial charge in [-0.25, -0.2) is 4.98 Å². The molecule has 0 aliphatic heterocycles. The first kappa shape index (κ1) is 20.8. The van der Waals surface area contributed by atoms with Crippen LogP contribution in [0.15, 0.2) is 18.2 Å². The molecule has 4 rings (SSSR count). The number of thiophene rings is 1. The number of aryl methyl sites for hydroxylation is 2. The number of ether oxygens (including phenoxy) is 2. The summed E-state index contributed by atoms with van der Waals surface area (Å²) in [6.07, 6.45) is 6.79. The molecule has 1 amide bonds. The van der Waals surface area contributed by atoms with Crippen LogP contribution < -0.4 is 20.5 Å². The van der Waals surface area contributed by atoms with Crippen LogP contribution in [0.3, 0.4) is 0 Å². The minimum Gasteiger partial charge on any atom is -0.495 e. The van der Waals surface area contributed by atoms with Crippen molar-refractivity contribution in [3.63, 3.8) is 0 Å². The molecule has 2 aromatic heterocycles. The number of carbonyl (C=O) groups excluding carboxylic acids is 1. The quantitative estimate of drug-likeness (QED) is 0.556.